The standard InChI is InChI=1S/C28H37FN4O4/c1-36-16-15-32(19-21-7-9-23(29)10-8-21)24-18-26(28(35)31-13-4-11-30-12-14-31)33(20-24)27(34)22-5-3-6-25(17-22)37-2/h3,5-10,17,24,26,30H,4,11-16,18-20H2,1-2H3. The fraction of sp³-hybridized carbons (Fsp3) is 0.500. The number of methoxy groups -OCH3 is 2. The Hall–Kier alpha value is -3.01. The smallest absolute Gasteiger partial charge is 0.254 e. The Morgan fingerprint density at radius 3 is 2.68 bits per heavy atom. The van der Waals surface area contributed by atoms with Crippen molar-refractivity contribution in [1.82, 2.24) is 20.0 Å². The lowest BCUT2D eigenvalue weighted by Gasteiger charge is -2.29. The molecular formula is C28H37FN4O4. The molecule has 2 aliphatic rings. The number of hydrogen-bond acceptors (Lipinski definition) is 6. The van der Waals surface area contributed by atoms with E-state index in [-0.39, 0.29) is 23.7 Å². The van der Waals surface area contributed by atoms with Crippen LogP contribution in [0.5, 0.6) is 5.75 Å². The number of likely N-dealkylation sites (tertiary alicyclic amines) is 1. The zero-order valence-electron chi connectivity index (χ0n) is 21.7. The molecule has 0 aromatic heterocycles. The molecule has 8 nitrogen and oxygen atoms in total. The molecular weight excluding hydrogens is 475 g/mol. The van der Waals surface area contributed by atoms with E-state index in [9.17, 15) is 14.0 Å². The van der Waals surface area contributed by atoms with Gasteiger partial charge in [0.2, 0.25) is 5.91 Å². The Balaban J connectivity index is 1.60. The minimum atomic E-state index is -0.555. The maximum atomic E-state index is 13.8. The highest BCUT2D eigenvalue weighted by molar-refractivity contribution is 5.98. The van der Waals surface area contributed by atoms with Gasteiger partial charge in [0.1, 0.15) is 17.6 Å². The summed E-state index contributed by atoms with van der Waals surface area (Å²) in [5.41, 5.74) is 1.47. The summed E-state index contributed by atoms with van der Waals surface area (Å²) in [6, 6.07) is 12.9. The first-order valence-corrected chi connectivity index (χ1v) is 12.9. The fourth-order valence-corrected chi connectivity index (χ4v) is 5.16. The van der Waals surface area contributed by atoms with Crippen LogP contribution in [0.1, 0.15) is 28.8 Å². The summed E-state index contributed by atoms with van der Waals surface area (Å²) in [5.74, 6) is 0.138. The van der Waals surface area contributed by atoms with Gasteiger partial charge in [0.05, 0.1) is 13.7 Å². The van der Waals surface area contributed by atoms with Gasteiger partial charge in [-0.1, -0.05) is 18.2 Å². The van der Waals surface area contributed by atoms with E-state index in [2.05, 4.69) is 10.2 Å². The summed E-state index contributed by atoms with van der Waals surface area (Å²) < 4.78 is 24.2. The minimum Gasteiger partial charge on any atom is -0.497 e. The summed E-state index contributed by atoms with van der Waals surface area (Å²) in [7, 11) is 3.22. The number of ether oxygens (including phenoxy) is 2. The van der Waals surface area contributed by atoms with Crippen molar-refractivity contribution in [1.29, 1.82) is 0 Å². The number of nitrogens with zero attached hydrogens (tertiary/aromatic N) is 3. The van der Waals surface area contributed by atoms with Crippen LogP contribution >= 0.6 is 0 Å². The van der Waals surface area contributed by atoms with Crippen LogP contribution in [-0.4, -0.2) is 98.7 Å². The summed E-state index contributed by atoms with van der Waals surface area (Å²) in [4.78, 5) is 33.4. The second kappa shape index (κ2) is 13.0. The number of nitrogens with one attached hydrogen (secondary N) is 1. The van der Waals surface area contributed by atoms with Gasteiger partial charge in [-0.05, 0) is 55.3 Å². The van der Waals surface area contributed by atoms with E-state index in [0.29, 0.717) is 57.1 Å². The second-order valence-electron chi connectivity index (χ2n) is 9.61. The van der Waals surface area contributed by atoms with Crippen molar-refractivity contribution in [2.24, 2.45) is 0 Å². The molecule has 200 valence electrons. The fourth-order valence-electron chi connectivity index (χ4n) is 5.16. The number of benzene rings is 2. The molecule has 2 atom stereocenters. The molecule has 0 saturated carbocycles. The van der Waals surface area contributed by atoms with Gasteiger partial charge in [-0.25, -0.2) is 4.39 Å². The van der Waals surface area contributed by atoms with E-state index < -0.39 is 6.04 Å². The van der Waals surface area contributed by atoms with Crippen LogP contribution in [-0.2, 0) is 16.1 Å². The zero-order valence-corrected chi connectivity index (χ0v) is 21.7. The number of halogens is 1. The lowest BCUT2D eigenvalue weighted by atomic mass is 10.1. The Kier molecular flexibility index (Phi) is 9.49. The third-order valence-corrected chi connectivity index (χ3v) is 7.19. The van der Waals surface area contributed by atoms with Gasteiger partial charge in [0.15, 0.2) is 0 Å². The quantitative estimate of drug-likeness (QED) is 0.556. The third-order valence-electron chi connectivity index (χ3n) is 7.19. The maximum Gasteiger partial charge on any atom is 0.254 e. The number of carbonyl (C=O) groups is 2. The molecule has 37 heavy (non-hydrogen) atoms. The van der Waals surface area contributed by atoms with Crippen LogP contribution in [0.15, 0.2) is 48.5 Å². The van der Waals surface area contributed by atoms with Crippen LogP contribution in [0.2, 0.25) is 0 Å². The molecule has 2 fully saturated rings. The highest BCUT2D eigenvalue weighted by atomic mass is 19.1. The molecule has 2 unspecified atom stereocenters. The Bertz CT molecular complexity index is 1040. The first kappa shape index (κ1) is 27.0. The summed E-state index contributed by atoms with van der Waals surface area (Å²) in [6.07, 6.45) is 1.42. The molecule has 0 bridgehead atoms. The molecule has 0 radical (unpaired) electrons. The number of amides is 2. The topological polar surface area (TPSA) is 74.4 Å². The van der Waals surface area contributed by atoms with Crippen molar-refractivity contribution < 1.29 is 23.5 Å². The number of hydrogen-bond donors (Lipinski definition) is 1. The Labute approximate surface area is 218 Å². The van der Waals surface area contributed by atoms with Gasteiger partial charge in [-0.3, -0.25) is 14.5 Å². The molecule has 4 rings (SSSR count). The highest BCUT2D eigenvalue weighted by Gasteiger charge is 2.43. The van der Waals surface area contributed by atoms with Crippen LogP contribution in [0.4, 0.5) is 4.39 Å². The summed E-state index contributed by atoms with van der Waals surface area (Å²) >= 11 is 0. The van der Waals surface area contributed by atoms with Crippen molar-refractivity contribution >= 4 is 11.8 Å². The predicted octanol–water partition coefficient (Wildman–Crippen LogP) is 2.39. The molecule has 2 aliphatic heterocycles. The third kappa shape index (κ3) is 6.85. The van der Waals surface area contributed by atoms with E-state index in [0.717, 1.165) is 25.1 Å². The molecule has 2 aromatic rings. The highest BCUT2D eigenvalue weighted by Crippen LogP contribution is 2.28. The Morgan fingerprint density at radius 2 is 1.92 bits per heavy atom. The minimum absolute atomic E-state index is 0.00378. The van der Waals surface area contributed by atoms with Gasteiger partial charge in [-0.2, -0.15) is 0 Å². The van der Waals surface area contributed by atoms with Gasteiger partial charge >= 0.3 is 0 Å². The second-order valence-corrected chi connectivity index (χ2v) is 9.61. The Morgan fingerprint density at radius 1 is 1.11 bits per heavy atom. The van der Waals surface area contributed by atoms with E-state index in [4.69, 9.17) is 9.47 Å². The van der Waals surface area contributed by atoms with Crippen LogP contribution in [0.3, 0.4) is 0 Å². The average Bonchev–Trinajstić information content (AvgIpc) is 3.18. The van der Waals surface area contributed by atoms with Crippen molar-refractivity contribution in [3.63, 3.8) is 0 Å². The molecule has 0 aliphatic carbocycles. The van der Waals surface area contributed by atoms with Gasteiger partial charge in [0, 0.05) is 58.0 Å². The monoisotopic (exact) mass is 512 g/mol. The van der Waals surface area contributed by atoms with Gasteiger partial charge in [0.25, 0.3) is 5.91 Å². The molecule has 2 heterocycles. The lowest BCUT2D eigenvalue weighted by molar-refractivity contribution is -0.135. The van der Waals surface area contributed by atoms with Crippen molar-refractivity contribution in [2.45, 2.75) is 31.5 Å². The van der Waals surface area contributed by atoms with Gasteiger partial charge < -0.3 is 24.6 Å². The van der Waals surface area contributed by atoms with Gasteiger partial charge in [-0.15, -0.1) is 0 Å². The molecule has 9 heteroatoms. The molecule has 1 N–H and O–H groups in total. The van der Waals surface area contributed by atoms with E-state index in [1.54, 1.807) is 55.5 Å². The largest absolute Gasteiger partial charge is 0.497 e. The van der Waals surface area contributed by atoms with Crippen LogP contribution < -0.4 is 10.1 Å². The van der Waals surface area contributed by atoms with Crippen LogP contribution in [0, 0.1) is 5.82 Å². The first-order valence-electron chi connectivity index (χ1n) is 12.9. The maximum absolute atomic E-state index is 13.8. The molecule has 2 aromatic carbocycles. The van der Waals surface area contributed by atoms with E-state index >= 15 is 0 Å². The zero-order chi connectivity index (χ0) is 26.2. The number of rotatable bonds is 9. The predicted molar refractivity (Wildman–Crippen MR) is 139 cm³/mol. The first-order chi connectivity index (χ1) is 18.0. The summed E-state index contributed by atoms with van der Waals surface area (Å²) in [6.45, 7) is 5.07. The molecule has 0 spiro atoms. The lowest BCUT2D eigenvalue weighted by Crippen LogP contribution is -2.48. The van der Waals surface area contributed by atoms with Crippen LogP contribution in [0.25, 0.3) is 0 Å². The molecule has 2 amide bonds. The summed E-state index contributed by atoms with van der Waals surface area (Å²) in [5, 5.41) is 3.34. The SMILES string of the molecule is COCCN(Cc1ccc(F)cc1)C1CC(C(=O)N2CCCNCC2)N(C(=O)c2cccc(OC)c2)C1. The van der Waals surface area contributed by atoms with Crippen molar-refractivity contribution in [3.05, 3.63) is 65.5 Å². The number of carbonyl (C=O) groups excluding carboxylic acids is 2. The molecule has 2 saturated heterocycles. The normalized spacial score (nSPS) is 20.2. The average molecular weight is 513 g/mol. The van der Waals surface area contributed by atoms with E-state index in [1.807, 2.05) is 4.90 Å². The van der Waals surface area contributed by atoms with E-state index in [1.165, 1.54) is 12.1 Å². The van der Waals surface area contributed by atoms with Crippen molar-refractivity contribution in [2.75, 3.05) is 60.1 Å². The van der Waals surface area contributed by atoms with Crippen molar-refractivity contribution in [3.8, 4) is 5.75 Å².